The average Bonchev–Trinajstić information content (AvgIpc) is 2.31. The van der Waals surface area contributed by atoms with Crippen LogP contribution in [-0.2, 0) is 9.53 Å². The Balaban J connectivity index is 3.14. The highest BCUT2D eigenvalue weighted by Crippen LogP contribution is 2.23. The van der Waals surface area contributed by atoms with Gasteiger partial charge in [-0.25, -0.2) is 9.78 Å². The molecular weight excluding hydrogens is 304 g/mol. The Bertz CT molecular complexity index is 514. The Labute approximate surface area is 112 Å². The van der Waals surface area contributed by atoms with Crippen molar-refractivity contribution in [3.63, 3.8) is 0 Å². The standard InChI is InChI=1S/C11H11BrN2O4/c1-3-18-11(15)7(2)4-9-10(14(16)17)5-8(12)6-13-9/h4-6H,3H2,1-2H3/b7-4-. The second kappa shape index (κ2) is 6.25. The van der Waals surface area contributed by atoms with E-state index in [1.165, 1.54) is 25.3 Å². The Morgan fingerprint density at radius 2 is 2.33 bits per heavy atom. The van der Waals surface area contributed by atoms with Gasteiger partial charge in [0, 0.05) is 22.3 Å². The lowest BCUT2D eigenvalue weighted by Gasteiger charge is -2.02. The molecule has 0 unspecified atom stereocenters. The molecule has 0 aliphatic rings. The molecule has 96 valence electrons. The van der Waals surface area contributed by atoms with Crippen LogP contribution in [0.1, 0.15) is 19.5 Å². The molecular formula is C11H11BrN2O4. The van der Waals surface area contributed by atoms with Crippen LogP contribution in [0.4, 0.5) is 5.69 Å². The van der Waals surface area contributed by atoms with E-state index in [0.717, 1.165) is 0 Å². The Morgan fingerprint density at radius 3 is 2.89 bits per heavy atom. The molecule has 1 aromatic heterocycles. The first kappa shape index (κ1) is 14.3. The third-order valence-corrected chi connectivity index (χ3v) is 2.45. The molecule has 0 amide bonds. The number of nitrogens with zero attached hydrogens (tertiary/aromatic N) is 2. The number of ether oxygens (including phenoxy) is 1. The predicted molar refractivity (Wildman–Crippen MR) is 68.9 cm³/mol. The zero-order chi connectivity index (χ0) is 13.7. The number of hydrogen-bond donors (Lipinski definition) is 0. The molecule has 0 saturated heterocycles. The van der Waals surface area contributed by atoms with Crippen LogP contribution in [-0.4, -0.2) is 22.5 Å². The summed E-state index contributed by atoms with van der Waals surface area (Å²) in [7, 11) is 0. The molecule has 0 aromatic carbocycles. The molecule has 0 spiro atoms. The van der Waals surface area contributed by atoms with Gasteiger partial charge in [0.05, 0.1) is 11.5 Å². The molecule has 0 aliphatic heterocycles. The predicted octanol–water partition coefficient (Wildman–Crippen LogP) is 2.72. The molecule has 6 nitrogen and oxygen atoms in total. The molecule has 0 fully saturated rings. The van der Waals surface area contributed by atoms with Gasteiger partial charge >= 0.3 is 5.97 Å². The first-order valence-corrected chi connectivity index (χ1v) is 5.90. The maximum Gasteiger partial charge on any atom is 0.333 e. The van der Waals surface area contributed by atoms with Gasteiger partial charge in [0.15, 0.2) is 0 Å². The highest BCUT2D eigenvalue weighted by atomic mass is 79.9. The van der Waals surface area contributed by atoms with Crippen molar-refractivity contribution in [3.8, 4) is 0 Å². The topological polar surface area (TPSA) is 82.3 Å². The zero-order valence-electron chi connectivity index (χ0n) is 9.84. The molecule has 18 heavy (non-hydrogen) atoms. The van der Waals surface area contributed by atoms with E-state index in [1.807, 2.05) is 0 Å². The first-order valence-electron chi connectivity index (χ1n) is 5.11. The quantitative estimate of drug-likeness (QED) is 0.369. The number of esters is 1. The number of carbonyl (C=O) groups excluding carboxylic acids is 1. The summed E-state index contributed by atoms with van der Waals surface area (Å²) >= 11 is 3.11. The minimum atomic E-state index is -0.554. The fourth-order valence-electron chi connectivity index (χ4n) is 1.21. The van der Waals surface area contributed by atoms with E-state index in [4.69, 9.17) is 4.74 Å². The normalized spacial score (nSPS) is 11.2. The summed E-state index contributed by atoms with van der Waals surface area (Å²) < 4.78 is 5.29. The first-order chi connectivity index (χ1) is 8.45. The lowest BCUT2D eigenvalue weighted by molar-refractivity contribution is -0.385. The summed E-state index contributed by atoms with van der Waals surface area (Å²) in [6, 6.07) is 1.33. The molecule has 0 atom stereocenters. The monoisotopic (exact) mass is 314 g/mol. The maximum atomic E-state index is 11.4. The third-order valence-electron chi connectivity index (χ3n) is 2.01. The van der Waals surface area contributed by atoms with Gasteiger partial charge in [0.25, 0.3) is 5.69 Å². The van der Waals surface area contributed by atoms with Crippen LogP contribution < -0.4 is 0 Å². The van der Waals surface area contributed by atoms with Gasteiger partial charge in [0.1, 0.15) is 5.69 Å². The van der Waals surface area contributed by atoms with Crippen molar-refractivity contribution in [1.29, 1.82) is 0 Å². The summed E-state index contributed by atoms with van der Waals surface area (Å²) in [4.78, 5) is 25.6. The van der Waals surface area contributed by atoms with Gasteiger partial charge in [-0.05, 0) is 35.9 Å². The van der Waals surface area contributed by atoms with E-state index in [1.54, 1.807) is 6.92 Å². The van der Waals surface area contributed by atoms with Crippen LogP contribution in [0.3, 0.4) is 0 Å². The Kier molecular flexibility index (Phi) is 4.96. The fourth-order valence-corrected chi connectivity index (χ4v) is 1.52. The Hall–Kier alpha value is -1.76. The summed E-state index contributed by atoms with van der Waals surface area (Å²) in [5.74, 6) is -0.517. The van der Waals surface area contributed by atoms with E-state index >= 15 is 0 Å². The van der Waals surface area contributed by atoms with E-state index in [0.29, 0.717) is 4.47 Å². The number of carbonyl (C=O) groups is 1. The van der Waals surface area contributed by atoms with Gasteiger partial charge in [-0.2, -0.15) is 0 Å². The molecule has 0 N–H and O–H groups in total. The van der Waals surface area contributed by atoms with E-state index in [9.17, 15) is 14.9 Å². The number of rotatable bonds is 4. The largest absolute Gasteiger partial charge is 0.463 e. The van der Waals surface area contributed by atoms with Crippen molar-refractivity contribution in [2.45, 2.75) is 13.8 Å². The zero-order valence-corrected chi connectivity index (χ0v) is 11.4. The van der Waals surface area contributed by atoms with Crippen molar-refractivity contribution in [1.82, 2.24) is 4.98 Å². The summed E-state index contributed by atoms with van der Waals surface area (Å²) in [6.45, 7) is 3.46. The number of halogens is 1. The third kappa shape index (κ3) is 3.63. The van der Waals surface area contributed by atoms with Gasteiger partial charge in [-0.3, -0.25) is 10.1 Å². The van der Waals surface area contributed by atoms with Crippen LogP contribution in [0.5, 0.6) is 0 Å². The number of hydrogen-bond acceptors (Lipinski definition) is 5. The van der Waals surface area contributed by atoms with Crippen LogP contribution in [0.15, 0.2) is 22.3 Å². The van der Waals surface area contributed by atoms with Gasteiger partial charge in [0.2, 0.25) is 0 Å². The van der Waals surface area contributed by atoms with E-state index in [2.05, 4.69) is 20.9 Å². The summed E-state index contributed by atoms with van der Waals surface area (Å²) in [5.41, 5.74) is 0.205. The van der Waals surface area contributed by atoms with Crippen LogP contribution in [0, 0.1) is 10.1 Å². The molecule has 1 heterocycles. The van der Waals surface area contributed by atoms with Gasteiger partial charge in [-0.1, -0.05) is 0 Å². The number of aromatic nitrogens is 1. The molecule has 0 radical (unpaired) electrons. The van der Waals surface area contributed by atoms with Crippen LogP contribution in [0.25, 0.3) is 6.08 Å². The fraction of sp³-hybridized carbons (Fsp3) is 0.273. The number of pyridine rings is 1. The summed E-state index contributed by atoms with van der Waals surface area (Å²) in [5, 5.41) is 10.9. The highest BCUT2D eigenvalue weighted by Gasteiger charge is 2.15. The smallest absolute Gasteiger partial charge is 0.333 e. The van der Waals surface area contributed by atoms with Crippen molar-refractivity contribution < 1.29 is 14.5 Å². The molecule has 0 saturated carbocycles. The SMILES string of the molecule is CCOC(=O)/C(C)=C\c1ncc(Br)cc1[N+](=O)[O-]. The van der Waals surface area contributed by atoms with Gasteiger partial charge < -0.3 is 4.74 Å². The second-order valence-corrected chi connectivity index (χ2v) is 4.28. The van der Waals surface area contributed by atoms with Crippen molar-refractivity contribution in [3.05, 3.63) is 38.1 Å². The molecule has 0 bridgehead atoms. The summed E-state index contributed by atoms with van der Waals surface area (Å²) in [6.07, 6.45) is 2.76. The molecule has 7 heteroatoms. The van der Waals surface area contributed by atoms with Crippen molar-refractivity contribution in [2.24, 2.45) is 0 Å². The highest BCUT2D eigenvalue weighted by molar-refractivity contribution is 9.10. The lowest BCUT2D eigenvalue weighted by Crippen LogP contribution is -2.05. The van der Waals surface area contributed by atoms with Crippen LogP contribution in [0.2, 0.25) is 0 Å². The second-order valence-electron chi connectivity index (χ2n) is 3.36. The molecule has 1 aromatic rings. The molecule has 0 aliphatic carbocycles. The van der Waals surface area contributed by atoms with E-state index < -0.39 is 10.9 Å². The average molecular weight is 315 g/mol. The van der Waals surface area contributed by atoms with Crippen LogP contribution >= 0.6 is 15.9 Å². The maximum absolute atomic E-state index is 11.4. The van der Waals surface area contributed by atoms with Gasteiger partial charge in [-0.15, -0.1) is 0 Å². The van der Waals surface area contributed by atoms with Crippen molar-refractivity contribution >= 4 is 33.7 Å². The Morgan fingerprint density at radius 1 is 1.67 bits per heavy atom. The number of nitro groups is 1. The lowest BCUT2D eigenvalue weighted by atomic mass is 10.2. The minimum absolute atomic E-state index is 0.119. The van der Waals surface area contributed by atoms with E-state index in [-0.39, 0.29) is 23.6 Å². The minimum Gasteiger partial charge on any atom is -0.463 e. The van der Waals surface area contributed by atoms with Crippen molar-refractivity contribution in [2.75, 3.05) is 6.61 Å². The molecule has 1 rings (SSSR count).